The molecule has 0 saturated carbocycles. The topological polar surface area (TPSA) is 49.6 Å². The molecule has 19 heavy (non-hydrogen) atoms. The molecule has 2 rings (SSSR count). The Morgan fingerprint density at radius 1 is 1.16 bits per heavy atom. The van der Waals surface area contributed by atoms with Crippen LogP contribution in [0.3, 0.4) is 0 Å². The highest BCUT2D eigenvalue weighted by atomic mass is 16.1. The first kappa shape index (κ1) is 14.0. The highest BCUT2D eigenvalue weighted by molar-refractivity contribution is 5.75. The van der Waals surface area contributed by atoms with Gasteiger partial charge in [-0.05, 0) is 37.6 Å². The van der Waals surface area contributed by atoms with Gasteiger partial charge in [0.25, 0.3) is 0 Å². The van der Waals surface area contributed by atoms with Gasteiger partial charge in [-0.3, -0.25) is 14.6 Å². The van der Waals surface area contributed by atoms with Gasteiger partial charge in [-0.1, -0.05) is 24.3 Å². The SMILES string of the molecule is Cc1ccccc1CN1CCCN(CC(N)=O)CC1. The Bertz CT molecular complexity index is 433. The predicted molar refractivity (Wildman–Crippen MR) is 76.7 cm³/mol. The summed E-state index contributed by atoms with van der Waals surface area (Å²) in [6, 6.07) is 8.53. The Balaban J connectivity index is 1.89. The number of hydrogen-bond acceptors (Lipinski definition) is 3. The summed E-state index contributed by atoms with van der Waals surface area (Å²) in [7, 11) is 0. The fraction of sp³-hybridized carbons (Fsp3) is 0.533. The highest BCUT2D eigenvalue weighted by Crippen LogP contribution is 2.12. The Morgan fingerprint density at radius 2 is 1.84 bits per heavy atom. The van der Waals surface area contributed by atoms with Crippen molar-refractivity contribution in [1.82, 2.24) is 9.80 Å². The van der Waals surface area contributed by atoms with E-state index in [1.54, 1.807) is 0 Å². The maximum absolute atomic E-state index is 11.0. The molecule has 1 fully saturated rings. The number of amides is 1. The predicted octanol–water partition coefficient (Wildman–Crippen LogP) is 0.988. The number of primary amides is 1. The van der Waals surface area contributed by atoms with Gasteiger partial charge in [0, 0.05) is 19.6 Å². The zero-order chi connectivity index (χ0) is 13.7. The summed E-state index contributed by atoms with van der Waals surface area (Å²) in [4.78, 5) is 15.6. The van der Waals surface area contributed by atoms with Crippen LogP contribution in [0.2, 0.25) is 0 Å². The molecule has 1 aromatic rings. The Morgan fingerprint density at radius 3 is 2.58 bits per heavy atom. The zero-order valence-corrected chi connectivity index (χ0v) is 11.6. The third-order valence-corrected chi connectivity index (χ3v) is 3.72. The molecular weight excluding hydrogens is 238 g/mol. The zero-order valence-electron chi connectivity index (χ0n) is 11.6. The van der Waals surface area contributed by atoms with Crippen molar-refractivity contribution in [3.63, 3.8) is 0 Å². The minimum atomic E-state index is -0.229. The van der Waals surface area contributed by atoms with Crippen LogP contribution < -0.4 is 5.73 Å². The van der Waals surface area contributed by atoms with Gasteiger partial charge in [0.1, 0.15) is 0 Å². The van der Waals surface area contributed by atoms with Crippen molar-refractivity contribution in [3.05, 3.63) is 35.4 Å². The standard InChI is InChI=1S/C15H23N3O/c1-13-5-2-3-6-14(13)11-17-7-4-8-18(10-9-17)12-15(16)19/h2-3,5-6H,4,7-12H2,1H3,(H2,16,19). The second kappa shape index (κ2) is 6.68. The van der Waals surface area contributed by atoms with Crippen LogP contribution in [0.4, 0.5) is 0 Å². The molecular formula is C15H23N3O. The summed E-state index contributed by atoms with van der Waals surface area (Å²) < 4.78 is 0. The third kappa shape index (κ3) is 4.33. The molecule has 1 aliphatic heterocycles. The Labute approximate surface area is 115 Å². The molecule has 0 unspecified atom stereocenters. The van der Waals surface area contributed by atoms with E-state index in [9.17, 15) is 4.79 Å². The molecule has 0 radical (unpaired) electrons. The number of nitrogens with two attached hydrogens (primary N) is 1. The van der Waals surface area contributed by atoms with Crippen molar-refractivity contribution < 1.29 is 4.79 Å². The van der Waals surface area contributed by atoms with Gasteiger partial charge in [0.15, 0.2) is 0 Å². The average Bonchev–Trinajstić information content (AvgIpc) is 2.57. The minimum absolute atomic E-state index is 0.229. The van der Waals surface area contributed by atoms with Crippen LogP contribution in [-0.2, 0) is 11.3 Å². The molecule has 4 heteroatoms. The highest BCUT2D eigenvalue weighted by Gasteiger charge is 2.16. The first-order valence-corrected chi connectivity index (χ1v) is 6.92. The van der Waals surface area contributed by atoms with E-state index in [-0.39, 0.29) is 5.91 Å². The van der Waals surface area contributed by atoms with Gasteiger partial charge in [0.2, 0.25) is 5.91 Å². The molecule has 1 aromatic carbocycles. The first-order valence-electron chi connectivity index (χ1n) is 6.92. The summed E-state index contributed by atoms with van der Waals surface area (Å²) in [5.41, 5.74) is 8.00. The summed E-state index contributed by atoms with van der Waals surface area (Å²) in [6.07, 6.45) is 1.10. The van der Waals surface area contributed by atoms with E-state index in [2.05, 4.69) is 41.0 Å². The average molecular weight is 261 g/mol. The first-order chi connectivity index (χ1) is 9.15. The fourth-order valence-electron chi connectivity index (χ4n) is 2.59. The normalized spacial score (nSPS) is 18.2. The number of rotatable bonds is 4. The Kier molecular flexibility index (Phi) is 4.93. The minimum Gasteiger partial charge on any atom is -0.369 e. The maximum Gasteiger partial charge on any atom is 0.231 e. The number of nitrogens with zero attached hydrogens (tertiary/aromatic N) is 2. The number of aryl methyl sites for hydroxylation is 1. The molecule has 1 heterocycles. The van der Waals surface area contributed by atoms with E-state index in [1.807, 2.05) is 0 Å². The van der Waals surface area contributed by atoms with Crippen LogP contribution in [0.1, 0.15) is 17.5 Å². The summed E-state index contributed by atoms with van der Waals surface area (Å²) in [5.74, 6) is -0.229. The van der Waals surface area contributed by atoms with Gasteiger partial charge in [-0.25, -0.2) is 0 Å². The van der Waals surface area contributed by atoms with Gasteiger partial charge in [-0.2, -0.15) is 0 Å². The smallest absolute Gasteiger partial charge is 0.231 e. The van der Waals surface area contributed by atoms with Crippen LogP contribution in [0, 0.1) is 6.92 Å². The molecule has 0 spiro atoms. The van der Waals surface area contributed by atoms with Crippen molar-refractivity contribution in [2.24, 2.45) is 5.73 Å². The molecule has 104 valence electrons. The monoisotopic (exact) mass is 261 g/mol. The van der Waals surface area contributed by atoms with Crippen molar-refractivity contribution in [3.8, 4) is 0 Å². The number of hydrogen-bond donors (Lipinski definition) is 1. The van der Waals surface area contributed by atoms with E-state index in [1.165, 1.54) is 11.1 Å². The molecule has 0 aromatic heterocycles. The second-order valence-electron chi connectivity index (χ2n) is 5.30. The van der Waals surface area contributed by atoms with E-state index >= 15 is 0 Å². The largest absolute Gasteiger partial charge is 0.369 e. The lowest BCUT2D eigenvalue weighted by Gasteiger charge is -2.21. The van der Waals surface area contributed by atoms with Crippen LogP contribution in [0.5, 0.6) is 0 Å². The number of carbonyl (C=O) groups excluding carboxylic acids is 1. The van der Waals surface area contributed by atoms with Crippen LogP contribution in [-0.4, -0.2) is 48.4 Å². The van der Waals surface area contributed by atoms with Crippen molar-refractivity contribution in [2.45, 2.75) is 19.9 Å². The maximum atomic E-state index is 11.0. The van der Waals surface area contributed by atoms with Crippen LogP contribution >= 0.6 is 0 Å². The van der Waals surface area contributed by atoms with E-state index in [0.29, 0.717) is 6.54 Å². The summed E-state index contributed by atoms with van der Waals surface area (Å²) >= 11 is 0. The van der Waals surface area contributed by atoms with Gasteiger partial charge < -0.3 is 5.73 Å². The van der Waals surface area contributed by atoms with E-state index in [4.69, 9.17) is 5.73 Å². The number of carbonyl (C=O) groups is 1. The van der Waals surface area contributed by atoms with Crippen molar-refractivity contribution in [2.75, 3.05) is 32.7 Å². The molecule has 0 atom stereocenters. The lowest BCUT2D eigenvalue weighted by molar-refractivity contribution is -0.119. The molecule has 0 bridgehead atoms. The lowest BCUT2D eigenvalue weighted by atomic mass is 10.1. The quantitative estimate of drug-likeness (QED) is 0.879. The Hall–Kier alpha value is -1.39. The number of benzene rings is 1. The van der Waals surface area contributed by atoms with Crippen molar-refractivity contribution >= 4 is 5.91 Å². The van der Waals surface area contributed by atoms with E-state index < -0.39 is 0 Å². The molecule has 2 N–H and O–H groups in total. The summed E-state index contributed by atoms with van der Waals surface area (Å²) in [6.45, 7) is 7.52. The van der Waals surface area contributed by atoms with Crippen LogP contribution in [0.15, 0.2) is 24.3 Å². The lowest BCUT2D eigenvalue weighted by Crippen LogP contribution is -2.36. The third-order valence-electron chi connectivity index (χ3n) is 3.72. The molecule has 0 aliphatic carbocycles. The molecule has 1 aliphatic rings. The van der Waals surface area contributed by atoms with Crippen molar-refractivity contribution in [1.29, 1.82) is 0 Å². The van der Waals surface area contributed by atoms with E-state index in [0.717, 1.165) is 39.1 Å². The van der Waals surface area contributed by atoms with Crippen LogP contribution in [0.25, 0.3) is 0 Å². The summed E-state index contributed by atoms with van der Waals surface area (Å²) in [5, 5.41) is 0. The molecule has 4 nitrogen and oxygen atoms in total. The fourth-order valence-corrected chi connectivity index (χ4v) is 2.59. The van der Waals surface area contributed by atoms with Gasteiger partial charge >= 0.3 is 0 Å². The van der Waals surface area contributed by atoms with Gasteiger partial charge in [-0.15, -0.1) is 0 Å². The molecule has 1 saturated heterocycles. The second-order valence-corrected chi connectivity index (χ2v) is 5.30. The van der Waals surface area contributed by atoms with Gasteiger partial charge in [0.05, 0.1) is 6.54 Å². The molecule has 1 amide bonds.